The number of aliphatic hydroxyl groups excluding tert-OH is 1. The van der Waals surface area contributed by atoms with Gasteiger partial charge in [-0.05, 0) is 32.1 Å². The van der Waals surface area contributed by atoms with E-state index in [0.29, 0.717) is 18.8 Å². The van der Waals surface area contributed by atoms with Crippen LogP contribution in [0.25, 0.3) is 0 Å². The molecule has 0 rings (SSSR count). The lowest BCUT2D eigenvalue weighted by Crippen LogP contribution is -2.35. The molecule has 92 valence electrons. The highest BCUT2D eigenvalue weighted by atomic mass is 32.2. The highest BCUT2D eigenvalue weighted by Crippen LogP contribution is 2.05. The summed E-state index contributed by atoms with van der Waals surface area (Å²) >= 11 is 0. The lowest BCUT2D eigenvalue weighted by Gasteiger charge is -2.15. The Bertz CT molecular complexity index is 249. The normalized spacial score (nSPS) is 14.5. The van der Waals surface area contributed by atoms with E-state index in [2.05, 4.69) is 18.6 Å². The summed E-state index contributed by atoms with van der Waals surface area (Å²) in [5, 5.41) is 8.55. The molecule has 4 nitrogen and oxygen atoms in total. The Labute approximate surface area is 93.1 Å². The molecule has 1 unspecified atom stereocenters. The first kappa shape index (κ1) is 14.9. The number of aliphatic hydroxyl groups is 1. The molecule has 0 fully saturated rings. The third kappa shape index (κ3) is 8.84. The van der Waals surface area contributed by atoms with Gasteiger partial charge in [0, 0.05) is 12.6 Å². The van der Waals surface area contributed by atoms with Crippen LogP contribution < -0.4 is 4.72 Å². The molecular formula is C10H23NO3S. The summed E-state index contributed by atoms with van der Waals surface area (Å²) in [6.07, 6.45) is 1.90. The Kier molecular flexibility index (Phi) is 7.13. The van der Waals surface area contributed by atoms with E-state index in [4.69, 9.17) is 5.11 Å². The van der Waals surface area contributed by atoms with E-state index >= 15 is 0 Å². The Morgan fingerprint density at radius 3 is 2.27 bits per heavy atom. The van der Waals surface area contributed by atoms with E-state index in [0.717, 1.165) is 6.42 Å². The van der Waals surface area contributed by atoms with Crippen molar-refractivity contribution < 1.29 is 13.5 Å². The van der Waals surface area contributed by atoms with Crippen molar-refractivity contribution in [2.75, 3.05) is 12.4 Å². The van der Waals surface area contributed by atoms with Crippen LogP contribution in [0.15, 0.2) is 0 Å². The molecule has 0 radical (unpaired) electrons. The zero-order chi connectivity index (χ0) is 11.9. The lowest BCUT2D eigenvalue weighted by atomic mass is 10.1. The minimum absolute atomic E-state index is 0.0101. The quantitative estimate of drug-likeness (QED) is 0.622. The molecular weight excluding hydrogens is 214 g/mol. The Morgan fingerprint density at radius 2 is 1.80 bits per heavy atom. The van der Waals surface area contributed by atoms with Gasteiger partial charge in [-0.1, -0.05) is 13.8 Å². The molecule has 15 heavy (non-hydrogen) atoms. The highest BCUT2D eigenvalue weighted by molar-refractivity contribution is 7.89. The first-order valence-electron chi connectivity index (χ1n) is 5.48. The zero-order valence-corrected chi connectivity index (χ0v) is 10.7. The Balaban J connectivity index is 3.91. The third-order valence-electron chi connectivity index (χ3n) is 2.03. The van der Waals surface area contributed by atoms with Gasteiger partial charge in [0.1, 0.15) is 0 Å². The predicted octanol–water partition coefficient (Wildman–Crippen LogP) is 1.11. The highest BCUT2D eigenvalue weighted by Gasteiger charge is 2.14. The van der Waals surface area contributed by atoms with E-state index in [1.165, 1.54) is 0 Å². The molecule has 0 heterocycles. The van der Waals surface area contributed by atoms with Crippen LogP contribution >= 0.6 is 0 Å². The molecule has 0 aliphatic rings. The van der Waals surface area contributed by atoms with Crippen molar-refractivity contribution in [3.05, 3.63) is 0 Å². The van der Waals surface area contributed by atoms with Gasteiger partial charge in [-0.25, -0.2) is 13.1 Å². The molecule has 0 saturated carbocycles. The van der Waals surface area contributed by atoms with Crippen molar-refractivity contribution in [3.8, 4) is 0 Å². The van der Waals surface area contributed by atoms with Crippen molar-refractivity contribution >= 4 is 10.0 Å². The van der Waals surface area contributed by atoms with E-state index in [1.807, 2.05) is 6.92 Å². The van der Waals surface area contributed by atoms with Gasteiger partial charge in [0.05, 0.1) is 5.75 Å². The van der Waals surface area contributed by atoms with Crippen molar-refractivity contribution in [1.29, 1.82) is 0 Å². The third-order valence-corrected chi connectivity index (χ3v) is 3.61. The second-order valence-electron chi connectivity index (χ2n) is 4.40. The summed E-state index contributed by atoms with van der Waals surface area (Å²) < 4.78 is 25.6. The molecule has 5 heteroatoms. The molecule has 0 aromatic carbocycles. The fraction of sp³-hybridized carbons (Fsp3) is 1.00. The van der Waals surface area contributed by atoms with Crippen LogP contribution in [0.4, 0.5) is 0 Å². The van der Waals surface area contributed by atoms with Crippen molar-refractivity contribution in [2.24, 2.45) is 5.92 Å². The Hall–Kier alpha value is -0.130. The van der Waals surface area contributed by atoms with Crippen LogP contribution in [0, 0.1) is 5.92 Å². The molecule has 2 N–H and O–H groups in total. The SMILES string of the molecule is CC(C)CC(C)NS(=O)(=O)CCCCO. The second-order valence-corrected chi connectivity index (χ2v) is 6.27. The fourth-order valence-electron chi connectivity index (χ4n) is 1.52. The van der Waals surface area contributed by atoms with Crippen LogP contribution in [0.2, 0.25) is 0 Å². The minimum atomic E-state index is -3.16. The summed E-state index contributed by atoms with van der Waals surface area (Å²) in [6, 6.07) is -0.0101. The summed E-state index contributed by atoms with van der Waals surface area (Å²) in [7, 11) is -3.16. The lowest BCUT2D eigenvalue weighted by molar-refractivity contribution is 0.287. The maximum atomic E-state index is 11.5. The van der Waals surface area contributed by atoms with Crippen LogP contribution in [-0.4, -0.2) is 31.9 Å². The van der Waals surface area contributed by atoms with Crippen molar-refractivity contribution in [1.82, 2.24) is 4.72 Å². The molecule has 0 bridgehead atoms. The zero-order valence-electron chi connectivity index (χ0n) is 9.86. The molecule has 0 aromatic heterocycles. The molecule has 0 spiro atoms. The van der Waals surface area contributed by atoms with Gasteiger partial charge in [0.15, 0.2) is 0 Å². The largest absolute Gasteiger partial charge is 0.396 e. The average molecular weight is 237 g/mol. The van der Waals surface area contributed by atoms with Gasteiger partial charge in [0.25, 0.3) is 0 Å². The first-order valence-corrected chi connectivity index (χ1v) is 7.13. The number of sulfonamides is 1. The second kappa shape index (κ2) is 7.19. The number of hydrogen-bond donors (Lipinski definition) is 2. The van der Waals surface area contributed by atoms with Gasteiger partial charge < -0.3 is 5.11 Å². The summed E-state index contributed by atoms with van der Waals surface area (Å²) in [5.41, 5.74) is 0. The molecule has 0 aliphatic carbocycles. The van der Waals surface area contributed by atoms with Crippen LogP contribution in [0.5, 0.6) is 0 Å². The van der Waals surface area contributed by atoms with Crippen LogP contribution in [0.1, 0.15) is 40.0 Å². The number of hydrogen-bond acceptors (Lipinski definition) is 3. The first-order chi connectivity index (χ1) is 6.87. The van der Waals surface area contributed by atoms with Gasteiger partial charge in [-0.2, -0.15) is 0 Å². The standard InChI is InChI=1S/C10H23NO3S/c1-9(2)8-10(3)11-15(13,14)7-5-4-6-12/h9-12H,4-8H2,1-3H3. The van der Waals surface area contributed by atoms with Gasteiger partial charge in [-0.15, -0.1) is 0 Å². The van der Waals surface area contributed by atoms with Gasteiger partial charge in [0.2, 0.25) is 10.0 Å². The van der Waals surface area contributed by atoms with Crippen molar-refractivity contribution in [2.45, 2.75) is 46.1 Å². The van der Waals surface area contributed by atoms with Crippen LogP contribution in [0.3, 0.4) is 0 Å². The summed E-state index contributed by atoms with van der Waals surface area (Å²) in [4.78, 5) is 0. The van der Waals surface area contributed by atoms with Gasteiger partial charge >= 0.3 is 0 Å². The number of nitrogens with one attached hydrogen (secondary N) is 1. The molecule has 0 amide bonds. The van der Waals surface area contributed by atoms with E-state index in [-0.39, 0.29) is 18.4 Å². The van der Waals surface area contributed by atoms with E-state index in [9.17, 15) is 8.42 Å². The predicted molar refractivity (Wildman–Crippen MR) is 62.2 cm³/mol. The number of unbranched alkanes of at least 4 members (excludes halogenated alkanes) is 1. The number of rotatable bonds is 8. The molecule has 0 aromatic rings. The maximum Gasteiger partial charge on any atom is 0.211 e. The summed E-state index contributed by atoms with van der Waals surface area (Å²) in [5.74, 6) is 0.593. The van der Waals surface area contributed by atoms with Crippen molar-refractivity contribution in [3.63, 3.8) is 0 Å². The van der Waals surface area contributed by atoms with E-state index in [1.54, 1.807) is 0 Å². The average Bonchev–Trinajstić information content (AvgIpc) is 2.00. The smallest absolute Gasteiger partial charge is 0.211 e. The molecule has 1 atom stereocenters. The van der Waals surface area contributed by atoms with E-state index < -0.39 is 10.0 Å². The molecule has 0 saturated heterocycles. The summed E-state index contributed by atoms with van der Waals surface area (Å²) in [6.45, 7) is 6.06. The minimum Gasteiger partial charge on any atom is -0.396 e. The molecule has 0 aliphatic heterocycles. The monoisotopic (exact) mass is 237 g/mol. The van der Waals surface area contributed by atoms with Crippen LogP contribution in [-0.2, 0) is 10.0 Å². The maximum absolute atomic E-state index is 11.5. The fourth-order valence-corrected chi connectivity index (χ4v) is 2.94. The Morgan fingerprint density at radius 1 is 1.20 bits per heavy atom. The topological polar surface area (TPSA) is 66.4 Å². The van der Waals surface area contributed by atoms with Gasteiger partial charge in [-0.3, -0.25) is 0 Å².